The van der Waals surface area contributed by atoms with Crippen LogP contribution in [0.5, 0.6) is 0 Å². The summed E-state index contributed by atoms with van der Waals surface area (Å²) in [5.41, 5.74) is 11.9. The van der Waals surface area contributed by atoms with Gasteiger partial charge in [0.2, 0.25) is 0 Å². The Morgan fingerprint density at radius 3 is 2.20 bits per heavy atom. The highest BCUT2D eigenvalue weighted by atomic mass is 15.1. The molecule has 0 aliphatic heterocycles. The molecule has 40 heavy (non-hydrogen) atoms. The molecule has 2 aromatic heterocycles. The lowest BCUT2D eigenvalue weighted by molar-refractivity contribution is 1.07. The van der Waals surface area contributed by atoms with E-state index in [1.54, 1.807) is 6.07 Å². The van der Waals surface area contributed by atoms with E-state index in [-0.39, 0.29) is 11.7 Å². The number of fused-ring (bicyclic) bond motifs is 5. The summed E-state index contributed by atoms with van der Waals surface area (Å²) in [4.78, 5) is 9.26. The number of aliphatic imine (C=N–C) groups is 1. The summed E-state index contributed by atoms with van der Waals surface area (Å²) in [7, 11) is 0. The summed E-state index contributed by atoms with van der Waals surface area (Å²) in [6.45, 7) is 0. The summed E-state index contributed by atoms with van der Waals surface area (Å²) in [5, 5.41) is 13.4. The van der Waals surface area contributed by atoms with Gasteiger partial charge >= 0.3 is 0 Å². The highest BCUT2D eigenvalue weighted by Crippen LogP contribution is 2.38. The molecule has 3 N–H and O–H groups in total. The van der Waals surface area contributed by atoms with Crippen LogP contribution in [0.1, 0.15) is 11.3 Å². The summed E-state index contributed by atoms with van der Waals surface area (Å²) >= 11 is 0. The Bertz CT molecular complexity index is 2070. The molecule has 0 amide bonds. The molecule has 7 rings (SSSR count). The van der Waals surface area contributed by atoms with Crippen LogP contribution in [0, 0.1) is 5.41 Å². The lowest BCUT2D eigenvalue weighted by Gasteiger charge is -2.09. The second kappa shape index (κ2) is 9.64. The first-order chi connectivity index (χ1) is 19.7. The van der Waals surface area contributed by atoms with Crippen LogP contribution < -0.4 is 5.73 Å². The molecule has 0 spiro atoms. The van der Waals surface area contributed by atoms with Gasteiger partial charge in [0.25, 0.3) is 0 Å². The smallest absolute Gasteiger partial charge is 0.172 e. The Morgan fingerprint density at radius 1 is 0.650 bits per heavy atom. The fraction of sp³-hybridized carbons (Fsp3) is 0. The van der Waals surface area contributed by atoms with Crippen LogP contribution in [-0.4, -0.2) is 21.2 Å². The minimum Gasteiger partial charge on any atom is -0.383 e. The van der Waals surface area contributed by atoms with Crippen molar-refractivity contribution in [3.8, 4) is 16.9 Å². The van der Waals surface area contributed by atoms with Crippen LogP contribution in [0.4, 0.5) is 0 Å². The Morgan fingerprint density at radius 2 is 1.38 bits per heavy atom. The number of nitrogens with one attached hydrogen (secondary N) is 1. The van der Waals surface area contributed by atoms with Gasteiger partial charge in [-0.2, -0.15) is 0 Å². The lowest BCUT2D eigenvalue weighted by atomic mass is 10.0. The second-order valence-electron chi connectivity index (χ2n) is 9.71. The van der Waals surface area contributed by atoms with Crippen molar-refractivity contribution in [2.24, 2.45) is 10.7 Å². The molecular formula is C35H25N5. The van der Waals surface area contributed by atoms with Gasteiger partial charge in [0.1, 0.15) is 17.3 Å². The fourth-order valence-corrected chi connectivity index (χ4v) is 5.38. The molecular weight excluding hydrogens is 490 g/mol. The van der Waals surface area contributed by atoms with Crippen molar-refractivity contribution in [2.75, 3.05) is 0 Å². The number of pyridine rings is 1. The van der Waals surface area contributed by atoms with E-state index >= 15 is 0 Å². The summed E-state index contributed by atoms with van der Waals surface area (Å²) in [6.07, 6.45) is 0. The van der Waals surface area contributed by atoms with Crippen molar-refractivity contribution in [3.63, 3.8) is 0 Å². The zero-order valence-electron chi connectivity index (χ0n) is 21.6. The summed E-state index contributed by atoms with van der Waals surface area (Å²) in [6, 6.07) is 45.0. The van der Waals surface area contributed by atoms with Crippen molar-refractivity contribution in [1.82, 2.24) is 9.55 Å². The molecule has 0 saturated heterocycles. The molecule has 0 fully saturated rings. The van der Waals surface area contributed by atoms with E-state index in [9.17, 15) is 0 Å². The summed E-state index contributed by atoms with van der Waals surface area (Å²) < 4.78 is 2.17. The van der Waals surface area contributed by atoms with Crippen molar-refractivity contribution < 1.29 is 0 Å². The monoisotopic (exact) mass is 515 g/mol. The fourth-order valence-electron chi connectivity index (χ4n) is 5.38. The molecule has 0 radical (unpaired) electrons. The Kier molecular flexibility index (Phi) is 5.68. The summed E-state index contributed by atoms with van der Waals surface area (Å²) in [5.74, 6) is 1.02. The minimum absolute atomic E-state index is 0.0146. The van der Waals surface area contributed by atoms with E-state index in [0.29, 0.717) is 5.69 Å². The highest BCUT2D eigenvalue weighted by molar-refractivity contribution is 6.21. The van der Waals surface area contributed by atoms with Crippen LogP contribution in [0.25, 0.3) is 49.5 Å². The number of nitrogens with two attached hydrogens (primary N) is 1. The lowest BCUT2D eigenvalue weighted by Crippen LogP contribution is -2.16. The number of benzene rings is 5. The first-order valence-corrected chi connectivity index (χ1v) is 13.1. The molecule has 5 nitrogen and oxygen atoms in total. The molecule has 0 bridgehead atoms. The third-order valence-corrected chi connectivity index (χ3v) is 7.27. The minimum atomic E-state index is 0.0146. The maximum Gasteiger partial charge on any atom is 0.172 e. The zero-order chi connectivity index (χ0) is 27.1. The number of hydrogen-bond acceptors (Lipinski definition) is 2. The van der Waals surface area contributed by atoms with Gasteiger partial charge in [-0.05, 0) is 52.2 Å². The van der Waals surface area contributed by atoms with Gasteiger partial charge in [-0.1, -0.05) is 103 Å². The SMILES string of the molecule is N=C(N=C(N)c1ccccc1)c1cccc(-n2c3ccc(-c4ccccc4)cc3c3c4ccccc4ccc32)n1. The quantitative estimate of drug-likeness (QED) is 0.186. The molecule has 7 aromatic rings. The zero-order valence-corrected chi connectivity index (χ0v) is 21.6. The van der Waals surface area contributed by atoms with Gasteiger partial charge in [0.15, 0.2) is 5.84 Å². The average Bonchev–Trinajstić information content (AvgIpc) is 3.36. The van der Waals surface area contributed by atoms with E-state index in [2.05, 4.69) is 88.4 Å². The number of nitrogens with zero attached hydrogens (tertiary/aromatic N) is 3. The Balaban J connectivity index is 1.43. The molecule has 0 aliphatic rings. The number of rotatable bonds is 4. The molecule has 0 aliphatic carbocycles. The van der Waals surface area contributed by atoms with Gasteiger partial charge in [-0.3, -0.25) is 9.98 Å². The molecule has 2 heterocycles. The van der Waals surface area contributed by atoms with Crippen molar-refractivity contribution in [3.05, 3.63) is 145 Å². The van der Waals surface area contributed by atoms with Crippen molar-refractivity contribution in [2.45, 2.75) is 0 Å². The maximum atomic E-state index is 8.65. The van der Waals surface area contributed by atoms with Crippen LogP contribution in [0.15, 0.2) is 138 Å². The van der Waals surface area contributed by atoms with Crippen molar-refractivity contribution >= 4 is 44.2 Å². The molecule has 5 aromatic carbocycles. The van der Waals surface area contributed by atoms with E-state index in [0.717, 1.165) is 33.4 Å². The van der Waals surface area contributed by atoms with Crippen LogP contribution >= 0.6 is 0 Å². The molecule has 190 valence electrons. The van der Waals surface area contributed by atoms with E-state index in [1.807, 2.05) is 48.5 Å². The standard InChI is InChI=1S/C35H25N5/c36-34(25-13-5-2-6-14-25)39-35(37)29-16-9-17-32(38-29)40-30-20-19-26(23-10-3-1-4-11-23)22-28(30)33-27-15-8-7-12-24(27)18-21-31(33)40/h1-22H,(H3,36,37,39). The third kappa shape index (κ3) is 4.01. The van der Waals surface area contributed by atoms with Gasteiger partial charge in [0.05, 0.1) is 11.0 Å². The van der Waals surface area contributed by atoms with E-state index < -0.39 is 0 Å². The largest absolute Gasteiger partial charge is 0.383 e. The Hall–Kier alpha value is -5.55. The number of amidine groups is 2. The molecule has 0 saturated carbocycles. The first kappa shape index (κ1) is 23.6. The second-order valence-corrected chi connectivity index (χ2v) is 9.71. The van der Waals surface area contributed by atoms with E-state index in [1.165, 1.54) is 21.7 Å². The molecule has 0 atom stereocenters. The number of aromatic nitrogens is 2. The predicted molar refractivity (Wildman–Crippen MR) is 166 cm³/mol. The topological polar surface area (TPSA) is 80.0 Å². The number of hydrogen-bond donors (Lipinski definition) is 2. The van der Waals surface area contributed by atoms with Gasteiger partial charge in [0, 0.05) is 16.3 Å². The van der Waals surface area contributed by atoms with Gasteiger partial charge in [-0.15, -0.1) is 0 Å². The third-order valence-electron chi connectivity index (χ3n) is 7.27. The van der Waals surface area contributed by atoms with Gasteiger partial charge < -0.3 is 5.73 Å². The average molecular weight is 516 g/mol. The molecule has 0 unspecified atom stereocenters. The van der Waals surface area contributed by atoms with Crippen LogP contribution in [-0.2, 0) is 0 Å². The maximum absolute atomic E-state index is 8.65. The predicted octanol–water partition coefficient (Wildman–Crippen LogP) is 7.73. The molecule has 5 heteroatoms. The highest BCUT2D eigenvalue weighted by Gasteiger charge is 2.17. The van der Waals surface area contributed by atoms with E-state index in [4.69, 9.17) is 16.1 Å². The van der Waals surface area contributed by atoms with Crippen LogP contribution in [0.2, 0.25) is 0 Å². The van der Waals surface area contributed by atoms with Crippen LogP contribution in [0.3, 0.4) is 0 Å². The first-order valence-electron chi connectivity index (χ1n) is 13.1. The normalized spacial score (nSPS) is 11.8. The van der Waals surface area contributed by atoms with Gasteiger partial charge in [-0.25, -0.2) is 9.98 Å². The Labute approximate surface area is 231 Å². The van der Waals surface area contributed by atoms with Crippen molar-refractivity contribution in [1.29, 1.82) is 5.41 Å².